The van der Waals surface area contributed by atoms with Crippen molar-refractivity contribution < 1.29 is 21.6 Å². The molecule has 1 aliphatic carbocycles. The number of nitrogens with zero attached hydrogens (tertiary/aromatic N) is 3. The minimum absolute atomic E-state index is 0.0368. The van der Waals surface area contributed by atoms with E-state index in [0.717, 1.165) is 25.7 Å². The summed E-state index contributed by atoms with van der Waals surface area (Å²) < 4.78 is 61.7. The molecule has 32 heavy (non-hydrogen) atoms. The smallest absolute Gasteiger partial charge is 0.282 e. The van der Waals surface area contributed by atoms with Crippen molar-refractivity contribution in [1.29, 1.82) is 0 Å². The molecule has 3 heterocycles. The van der Waals surface area contributed by atoms with Crippen molar-refractivity contribution >= 4 is 20.0 Å². The number of ether oxygens (including phenoxy) is 1. The monoisotopic (exact) mass is 486 g/mol. The van der Waals surface area contributed by atoms with Gasteiger partial charge in [-0.1, -0.05) is 32.1 Å². The second-order valence-electron chi connectivity index (χ2n) is 9.12. The second kappa shape index (κ2) is 10.0. The zero-order chi connectivity index (χ0) is 22.8. The highest BCUT2D eigenvalue weighted by Crippen LogP contribution is 2.39. The highest BCUT2D eigenvalue weighted by Gasteiger charge is 2.46. The van der Waals surface area contributed by atoms with Crippen molar-refractivity contribution in [2.24, 2.45) is 17.6 Å². The number of hydrogen-bond donors (Lipinski definition) is 1. The molecule has 0 amide bonds. The zero-order valence-corrected chi connectivity index (χ0v) is 20.1. The molecule has 1 aromatic heterocycles. The highest BCUT2D eigenvalue weighted by atomic mass is 32.2. The molecule has 3 aliphatic rings. The number of aromatic nitrogens is 1. The van der Waals surface area contributed by atoms with Gasteiger partial charge in [0.25, 0.3) is 10.2 Å². The fourth-order valence-electron chi connectivity index (χ4n) is 5.31. The van der Waals surface area contributed by atoms with E-state index in [1.54, 1.807) is 6.07 Å². The Bertz CT molecular complexity index is 989. The predicted molar refractivity (Wildman–Crippen MR) is 121 cm³/mol. The van der Waals surface area contributed by atoms with E-state index in [9.17, 15) is 16.8 Å². The third-order valence-electron chi connectivity index (χ3n) is 7.07. The van der Waals surface area contributed by atoms with Gasteiger partial charge >= 0.3 is 0 Å². The molecule has 3 fully saturated rings. The molecular formula is C21H34N4O5S2. The first-order valence-electron chi connectivity index (χ1n) is 11.5. The minimum atomic E-state index is -3.77. The Kier molecular flexibility index (Phi) is 7.53. The van der Waals surface area contributed by atoms with Gasteiger partial charge in [0.2, 0.25) is 0 Å². The van der Waals surface area contributed by atoms with E-state index >= 15 is 0 Å². The normalized spacial score (nSPS) is 27.0. The molecule has 2 aliphatic heterocycles. The van der Waals surface area contributed by atoms with E-state index in [4.69, 9.17) is 10.5 Å². The Morgan fingerprint density at radius 1 is 1.06 bits per heavy atom. The van der Waals surface area contributed by atoms with Crippen LogP contribution in [0, 0.1) is 11.8 Å². The van der Waals surface area contributed by atoms with Gasteiger partial charge < -0.3 is 10.5 Å². The van der Waals surface area contributed by atoms with E-state index < -0.39 is 26.1 Å². The van der Waals surface area contributed by atoms with E-state index in [0.29, 0.717) is 50.8 Å². The summed E-state index contributed by atoms with van der Waals surface area (Å²) in [6.07, 6.45) is 7.75. The quantitative estimate of drug-likeness (QED) is 0.613. The molecule has 180 valence electrons. The van der Waals surface area contributed by atoms with Crippen molar-refractivity contribution in [2.75, 3.05) is 38.6 Å². The molecule has 1 saturated carbocycles. The van der Waals surface area contributed by atoms with Crippen molar-refractivity contribution in [2.45, 2.75) is 56.1 Å². The van der Waals surface area contributed by atoms with Crippen molar-refractivity contribution in [3.63, 3.8) is 0 Å². The maximum atomic E-state index is 13.5. The first-order valence-corrected chi connectivity index (χ1v) is 14.6. The summed E-state index contributed by atoms with van der Waals surface area (Å²) in [5.41, 5.74) is 6.35. The van der Waals surface area contributed by atoms with E-state index in [1.165, 1.54) is 27.3 Å². The standard InChI is InChI=1S/C21H34N4O5S2/c22-14-17-6-7-23-21(12-17)31(26,27)16-20-13-19(18-4-2-1-3-5-18)15-25(20)32(28,29)24-8-10-30-11-9-24/h6-7,12,18-20H,1-5,8-11,13-16,22H2/t19?,20-/m0/s1. The molecule has 0 aromatic carbocycles. The lowest BCUT2D eigenvalue weighted by atomic mass is 9.79. The molecule has 1 unspecified atom stereocenters. The number of sulfone groups is 1. The van der Waals surface area contributed by atoms with Gasteiger partial charge in [-0.3, -0.25) is 0 Å². The third kappa shape index (κ3) is 5.18. The van der Waals surface area contributed by atoms with Gasteiger partial charge in [-0.05, 0) is 36.0 Å². The van der Waals surface area contributed by atoms with Crippen molar-refractivity contribution in [3.05, 3.63) is 23.9 Å². The van der Waals surface area contributed by atoms with Crippen LogP contribution in [0.5, 0.6) is 0 Å². The van der Waals surface area contributed by atoms with Crippen LogP contribution in [0.25, 0.3) is 0 Å². The van der Waals surface area contributed by atoms with Gasteiger partial charge in [-0.2, -0.15) is 17.0 Å². The molecule has 1 aromatic rings. The summed E-state index contributed by atoms with van der Waals surface area (Å²) in [6, 6.07) is 2.58. The number of pyridine rings is 1. The summed E-state index contributed by atoms with van der Waals surface area (Å²) in [4.78, 5) is 4.05. The van der Waals surface area contributed by atoms with E-state index in [-0.39, 0.29) is 23.2 Å². The first-order chi connectivity index (χ1) is 15.3. The minimum Gasteiger partial charge on any atom is -0.379 e. The van der Waals surface area contributed by atoms with Crippen LogP contribution in [0.2, 0.25) is 0 Å². The summed E-state index contributed by atoms with van der Waals surface area (Å²) in [5, 5.41) is -0.0368. The molecule has 4 rings (SSSR count). The topological polar surface area (TPSA) is 123 Å². The Hall–Kier alpha value is -1.11. The SMILES string of the molecule is NCc1ccnc(S(=O)(=O)C[C@@H]2CC(C3CCCCC3)CN2S(=O)(=O)N2CCOCC2)c1. The lowest BCUT2D eigenvalue weighted by molar-refractivity contribution is 0.0699. The summed E-state index contributed by atoms with van der Waals surface area (Å²) in [5.74, 6) is 0.382. The maximum Gasteiger partial charge on any atom is 0.282 e. The van der Waals surface area contributed by atoms with Gasteiger partial charge in [0.1, 0.15) is 0 Å². The molecule has 9 nitrogen and oxygen atoms in total. The maximum absolute atomic E-state index is 13.5. The largest absolute Gasteiger partial charge is 0.379 e. The summed E-state index contributed by atoms with van der Waals surface area (Å²) >= 11 is 0. The highest BCUT2D eigenvalue weighted by molar-refractivity contribution is 7.91. The number of hydrogen-bond acceptors (Lipinski definition) is 7. The van der Waals surface area contributed by atoms with Gasteiger partial charge in [0, 0.05) is 38.4 Å². The first kappa shape index (κ1) is 24.0. The van der Waals surface area contributed by atoms with Crippen LogP contribution in [-0.2, 0) is 31.3 Å². The van der Waals surface area contributed by atoms with Crippen LogP contribution >= 0.6 is 0 Å². The molecule has 2 saturated heterocycles. The Morgan fingerprint density at radius 2 is 1.78 bits per heavy atom. The van der Waals surface area contributed by atoms with Crippen LogP contribution in [0.4, 0.5) is 0 Å². The molecule has 0 radical (unpaired) electrons. The van der Waals surface area contributed by atoms with Crippen LogP contribution in [0.3, 0.4) is 0 Å². The second-order valence-corrected chi connectivity index (χ2v) is 13.0. The van der Waals surface area contributed by atoms with Crippen LogP contribution in [-0.4, -0.2) is 75.1 Å². The fraction of sp³-hybridized carbons (Fsp3) is 0.762. The zero-order valence-electron chi connectivity index (χ0n) is 18.4. The molecule has 2 atom stereocenters. The fourth-order valence-corrected chi connectivity index (χ4v) is 8.78. The summed E-state index contributed by atoms with van der Waals surface area (Å²) in [6.45, 7) is 1.92. The molecular weight excluding hydrogens is 452 g/mol. The molecule has 0 spiro atoms. The average molecular weight is 487 g/mol. The van der Waals surface area contributed by atoms with E-state index in [1.807, 2.05) is 0 Å². The summed E-state index contributed by atoms with van der Waals surface area (Å²) in [7, 11) is -7.54. The average Bonchev–Trinajstić information content (AvgIpc) is 3.24. The number of rotatable bonds is 7. The van der Waals surface area contributed by atoms with Crippen molar-refractivity contribution in [3.8, 4) is 0 Å². The van der Waals surface area contributed by atoms with Crippen LogP contribution in [0.1, 0.15) is 44.1 Å². The van der Waals surface area contributed by atoms with Crippen LogP contribution < -0.4 is 5.73 Å². The van der Waals surface area contributed by atoms with Gasteiger partial charge in [-0.15, -0.1) is 0 Å². The van der Waals surface area contributed by atoms with E-state index in [2.05, 4.69) is 4.98 Å². The Labute approximate surface area is 191 Å². The van der Waals surface area contributed by atoms with Gasteiger partial charge in [0.15, 0.2) is 14.9 Å². The molecule has 0 bridgehead atoms. The molecule has 2 N–H and O–H groups in total. The lowest BCUT2D eigenvalue weighted by Gasteiger charge is -2.33. The van der Waals surface area contributed by atoms with Gasteiger partial charge in [0.05, 0.1) is 19.0 Å². The third-order valence-corrected chi connectivity index (χ3v) is 10.8. The Morgan fingerprint density at radius 3 is 2.47 bits per heavy atom. The molecule has 11 heteroatoms. The van der Waals surface area contributed by atoms with Gasteiger partial charge in [-0.25, -0.2) is 13.4 Å². The predicted octanol–water partition coefficient (Wildman–Crippen LogP) is 1.16. The van der Waals surface area contributed by atoms with Crippen LogP contribution in [0.15, 0.2) is 23.4 Å². The lowest BCUT2D eigenvalue weighted by Crippen LogP contribution is -2.51. The number of morpholine rings is 1. The number of nitrogens with two attached hydrogens (primary N) is 1. The Balaban J connectivity index is 1.60. The van der Waals surface area contributed by atoms with Crippen molar-refractivity contribution in [1.82, 2.24) is 13.6 Å².